The van der Waals surface area contributed by atoms with Gasteiger partial charge in [-0.1, -0.05) is 20.8 Å². The quantitative estimate of drug-likeness (QED) is 0.878. The standard InChI is InChI=1S/C20H32N4O2/c1-13(2)24-11-8-15-16(12-24)21-17(22-18(15)25)14-6-9-23(10-7-14)19(26)20(3,4)5/h13-14H,6-12H2,1-5H3,(H,21,22,25). The maximum absolute atomic E-state index is 12.5. The fourth-order valence-corrected chi connectivity index (χ4v) is 3.94. The number of carbonyl (C=O) groups excluding carboxylic acids is 1. The highest BCUT2D eigenvalue weighted by Gasteiger charge is 2.32. The highest BCUT2D eigenvalue weighted by molar-refractivity contribution is 5.81. The van der Waals surface area contributed by atoms with Crippen molar-refractivity contribution >= 4 is 5.91 Å². The lowest BCUT2D eigenvalue weighted by molar-refractivity contribution is -0.140. The lowest BCUT2D eigenvalue weighted by atomic mass is 9.90. The van der Waals surface area contributed by atoms with Crippen molar-refractivity contribution in [1.82, 2.24) is 19.8 Å². The summed E-state index contributed by atoms with van der Waals surface area (Å²) in [6, 6.07) is 0.458. The Morgan fingerprint density at radius 2 is 1.85 bits per heavy atom. The van der Waals surface area contributed by atoms with E-state index < -0.39 is 0 Å². The number of aromatic nitrogens is 2. The van der Waals surface area contributed by atoms with Gasteiger partial charge in [-0.15, -0.1) is 0 Å². The molecule has 1 N–H and O–H groups in total. The number of amides is 1. The first kappa shape index (κ1) is 19.1. The third-order valence-electron chi connectivity index (χ3n) is 5.66. The second kappa shape index (κ2) is 7.14. The number of piperidine rings is 1. The Hall–Kier alpha value is -1.69. The number of aromatic amines is 1. The molecule has 0 spiro atoms. The van der Waals surface area contributed by atoms with Gasteiger partial charge in [0, 0.05) is 49.1 Å². The van der Waals surface area contributed by atoms with E-state index in [0.29, 0.717) is 6.04 Å². The second-order valence-electron chi connectivity index (χ2n) is 9.01. The highest BCUT2D eigenvalue weighted by atomic mass is 16.2. The maximum atomic E-state index is 12.5. The summed E-state index contributed by atoms with van der Waals surface area (Å²) in [4.78, 5) is 37.2. The molecule has 1 aromatic heterocycles. The van der Waals surface area contributed by atoms with Gasteiger partial charge in [-0.3, -0.25) is 14.5 Å². The minimum absolute atomic E-state index is 0.0293. The predicted octanol–water partition coefficient (Wildman–Crippen LogP) is 2.29. The number of H-pyrrole nitrogens is 1. The Kier molecular flexibility index (Phi) is 5.24. The molecular formula is C20H32N4O2. The zero-order chi connectivity index (χ0) is 19.1. The van der Waals surface area contributed by atoms with Gasteiger partial charge in [-0.25, -0.2) is 4.98 Å². The van der Waals surface area contributed by atoms with Gasteiger partial charge in [0.05, 0.1) is 5.69 Å². The molecule has 0 radical (unpaired) electrons. The van der Waals surface area contributed by atoms with E-state index in [2.05, 4.69) is 23.7 Å². The van der Waals surface area contributed by atoms with E-state index in [1.165, 1.54) is 0 Å². The predicted molar refractivity (Wildman–Crippen MR) is 102 cm³/mol. The second-order valence-corrected chi connectivity index (χ2v) is 9.01. The summed E-state index contributed by atoms with van der Waals surface area (Å²) in [5.41, 5.74) is 1.48. The van der Waals surface area contributed by atoms with Crippen LogP contribution >= 0.6 is 0 Å². The van der Waals surface area contributed by atoms with Crippen LogP contribution in [0.3, 0.4) is 0 Å². The SMILES string of the molecule is CC(C)N1CCc2c(nc(C3CCN(C(=O)C(C)(C)C)CC3)[nH]c2=O)C1. The average molecular weight is 361 g/mol. The molecule has 144 valence electrons. The van der Waals surface area contributed by atoms with Crippen LogP contribution in [0.1, 0.15) is 70.5 Å². The lowest BCUT2D eigenvalue weighted by Gasteiger charge is -2.36. The van der Waals surface area contributed by atoms with Crippen LogP contribution in [0.25, 0.3) is 0 Å². The lowest BCUT2D eigenvalue weighted by Crippen LogP contribution is -2.44. The molecule has 0 aromatic carbocycles. The van der Waals surface area contributed by atoms with Crippen molar-refractivity contribution in [3.63, 3.8) is 0 Å². The number of fused-ring (bicyclic) bond motifs is 1. The van der Waals surface area contributed by atoms with Crippen LogP contribution in [-0.2, 0) is 17.8 Å². The van der Waals surface area contributed by atoms with E-state index in [1.807, 2.05) is 25.7 Å². The van der Waals surface area contributed by atoms with Crippen molar-refractivity contribution < 1.29 is 4.79 Å². The van der Waals surface area contributed by atoms with E-state index >= 15 is 0 Å². The maximum Gasteiger partial charge on any atom is 0.254 e. The number of hydrogen-bond acceptors (Lipinski definition) is 4. The molecule has 2 aliphatic rings. The van der Waals surface area contributed by atoms with Crippen molar-refractivity contribution in [2.75, 3.05) is 19.6 Å². The van der Waals surface area contributed by atoms with Crippen molar-refractivity contribution in [3.8, 4) is 0 Å². The molecular weight excluding hydrogens is 328 g/mol. The molecule has 1 amide bonds. The molecule has 3 heterocycles. The Morgan fingerprint density at radius 1 is 1.19 bits per heavy atom. The number of rotatable bonds is 2. The van der Waals surface area contributed by atoms with E-state index in [9.17, 15) is 9.59 Å². The molecule has 1 saturated heterocycles. The summed E-state index contributed by atoms with van der Waals surface area (Å²) in [5.74, 6) is 1.24. The van der Waals surface area contributed by atoms with E-state index in [0.717, 1.165) is 62.5 Å². The van der Waals surface area contributed by atoms with Crippen LogP contribution in [0.5, 0.6) is 0 Å². The largest absolute Gasteiger partial charge is 0.342 e. The first-order chi connectivity index (χ1) is 12.2. The zero-order valence-corrected chi connectivity index (χ0v) is 16.8. The van der Waals surface area contributed by atoms with Gasteiger partial charge in [0.1, 0.15) is 5.82 Å². The summed E-state index contributed by atoms with van der Waals surface area (Å²) in [6.45, 7) is 13.4. The smallest absolute Gasteiger partial charge is 0.254 e. The monoisotopic (exact) mass is 360 g/mol. The van der Waals surface area contributed by atoms with Crippen LogP contribution in [0.4, 0.5) is 0 Å². The zero-order valence-electron chi connectivity index (χ0n) is 16.8. The van der Waals surface area contributed by atoms with Crippen molar-refractivity contribution in [1.29, 1.82) is 0 Å². The number of likely N-dealkylation sites (tertiary alicyclic amines) is 1. The van der Waals surface area contributed by atoms with Crippen LogP contribution in [-0.4, -0.2) is 51.4 Å². The fraction of sp³-hybridized carbons (Fsp3) is 0.750. The molecule has 2 aliphatic heterocycles. The molecule has 0 bridgehead atoms. The highest BCUT2D eigenvalue weighted by Crippen LogP contribution is 2.29. The summed E-state index contributed by atoms with van der Waals surface area (Å²) >= 11 is 0. The number of nitrogens with zero attached hydrogens (tertiary/aromatic N) is 3. The molecule has 6 heteroatoms. The van der Waals surface area contributed by atoms with Gasteiger partial charge in [-0.2, -0.15) is 0 Å². The minimum atomic E-state index is -0.342. The minimum Gasteiger partial charge on any atom is -0.342 e. The van der Waals surface area contributed by atoms with Gasteiger partial charge in [-0.05, 0) is 33.1 Å². The summed E-state index contributed by atoms with van der Waals surface area (Å²) in [6.07, 6.45) is 2.49. The van der Waals surface area contributed by atoms with Crippen molar-refractivity contribution in [2.45, 2.75) is 72.4 Å². The number of hydrogen-bond donors (Lipinski definition) is 1. The van der Waals surface area contributed by atoms with Crippen LogP contribution in [0.15, 0.2) is 4.79 Å². The molecule has 0 saturated carbocycles. The van der Waals surface area contributed by atoms with Gasteiger partial charge < -0.3 is 9.88 Å². The van der Waals surface area contributed by atoms with Crippen molar-refractivity contribution in [2.24, 2.45) is 5.41 Å². The van der Waals surface area contributed by atoms with Gasteiger partial charge in [0.2, 0.25) is 5.91 Å². The Labute approximate surface area is 156 Å². The molecule has 1 aromatic rings. The first-order valence-corrected chi connectivity index (χ1v) is 9.82. The van der Waals surface area contributed by atoms with Crippen LogP contribution in [0, 0.1) is 5.41 Å². The molecule has 0 atom stereocenters. The van der Waals surface area contributed by atoms with Gasteiger partial charge in [0.25, 0.3) is 5.56 Å². The third kappa shape index (κ3) is 3.85. The Morgan fingerprint density at radius 3 is 2.42 bits per heavy atom. The van der Waals surface area contributed by atoms with Gasteiger partial charge >= 0.3 is 0 Å². The summed E-state index contributed by atoms with van der Waals surface area (Å²) < 4.78 is 0. The molecule has 3 rings (SSSR count). The molecule has 0 unspecified atom stereocenters. The Balaban J connectivity index is 1.74. The number of nitrogens with one attached hydrogen (secondary N) is 1. The first-order valence-electron chi connectivity index (χ1n) is 9.82. The molecule has 6 nitrogen and oxygen atoms in total. The average Bonchev–Trinajstić information content (AvgIpc) is 2.59. The molecule has 26 heavy (non-hydrogen) atoms. The number of carbonyl (C=O) groups is 1. The molecule has 0 aliphatic carbocycles. The van der Waals surface area contributed by atoms with E-state index in [-0.39, 0.29) is 22.8 Å². The van der Waals surface area contributed by atoms with E-state index in [1.54, 1.807) is 0 Å². The summed E-state index contributed by atoms with van der Waals surface area (Å²) in [7, 11) is 0. The topological polar surface area (TPSA) is 69.3 Å². The van der Waals surface area contributed by atoms with Gasteiger partial charge in [0.15, 0.2) is 0 Å². The summed E-state index contributed by atoms with van der Waals surface area (Å²) in [5, 5.41) is 0. The molecule has 1 fully saturated rings. The third-order valence-corrected chi connectivity index (χ3v) is 5.66. The van der Waals surface area contributed by atoms with E-state index in [4.69, 9.17) is 4.98 Å². The fourth-order valence-electron chi connectivity index (χ4n) is 3.94. The van der Waals surface area contributed by atoms with Crippen molar-refractivity contribution in [3.05, 3.63) is 27.4 Å². The Bertz CT molecular complexity index is 724. The normalized spacial score (nSPS) is 19.7. The van der Waals surface area contributed by atoms with Crippen LogP contribution in [0.2, 0.25) is 0 Å². The van der Waals surface area contributed by atoms with Crippen LogP contribution < -0.4 is 5.56 Å².